The molecule has 2 aliphatic carbocycles. The molecule has 12 rings (SSSR count). The van der Waals surface area contributed by atoms with Crippen molar-refractivity contribution in [1.29, 1.82) is 0 Å². The SMILES string of the molecule is CC(C)(C)c1ccc(-c2nnc(-c3ccc(/C=C/c4ccc5c(c4)C4(c6ccccc6-c6ccccc64)c4cc(/C=C/c6ccc(N(c7ccccc7)c7ccccc7)cc6)ccc4-5)cc3)o2)cc1. The molecule has 9 aromatic carbocycles. The van der Waals surface area contributed by atoms with Crippen molar-refractivity contribution in [2.45, 2.75) is 31.6 Å². The summed E-state index contributed by atoms with van der Waals surface area (Å²) in [7, 11) is 0. The molecule has 1 heterocycles. The van der Waals surface area contributed by atoms with E-state index in [1.54, 1.807) is 0 Å². The fraction of sp³-hybridized carbons (Fsp3) is 0.0769. The van der Waals surface area contributed by atoms with E-state index in [2.05, 4.69) is 266 Å². The first-order valence-corrected chi connectivity index (χ1v) is 23.7. The van der Waals surface area contributed by atoms with Gasteiger partial charge in [0.15, 0.2) is 0 Å². The highest BCUT2D eigenvalue weighted by atomic mass is 16.4. The Morgan fingerprint density at radius 3 is 1.23 bits per heavy atom. The van der Waals surface area contributed by atoms with Crippen LogP contribution in [0.2, 0.25) is 0 Å². The van der Waals surface area contributed by atoms with Gasteiger partial charge >= 0.3 is 0 Å². The summed E-state index contributed by atoms with van der Waals surface area (Å²) in [5, 5.41) is 8.76. The van der Waals surface area contributed by atoms with Crippen LogP contribution in [0.4, 0.5) is 17.1 Å². The fourth-order valence-electron chi connectivity index (χ4n) is 10.4. The molecule has 0 N–H and O–H groups in total. The molecule has 0 amide bonds. The normalized spacial score (nSPS) is 13.1. The summed E-state index contributed by atoms with van der Waals surface area (Å²) in [5.74, 6) is 1.02. The molecule has 0 unspecified atom stereocenters. The van der Waals surface area contributed by atoms with Crippen LogP contribution < -0.4 is 4.90 Å². The van der Waals surface area contributed by atoms with Gasteiger partial charge in [0.1, 0.15) is 0 Å². The lowest BCUT2D eigenvalue weighted by Gasteiger charge is -2.30. The second kappa shape index (κ2) is 16.9. The van der Waals surface area contributed by atoms with Crippen molar-refractivity contribution in [1.82, 2.24) is 10.2 Å². The Bertz CT molecular complexity index is 3470. The van der Waals surface area contributed by atoms with Crippen molar-refractivity contribution in [2.75, 3.05) is 4.90 Å². The highest BCUT2D eigenvalue weighted by Crippen LogP contribution is 2.63. The molecular formula is C65H49N3O. The van der Waals surface area contributed by atoms with E-state index in [4.69, 9.17) is 4.42 Å². The third-order valence-corrected chi connectivity index (χ3v) is 13.8. The van der Waals surface area contributed by atoms with Crippen LogP contribution in [0.5, 0.6) is 0 Å². The Morgan fingerprint density at radius 2 is 0.754 bits per heavy atom. The molecule has 0 saturated carbocycles. The molecule has 0 radical (unpaired) electrons. The Hall–Kier alpha value is -8.60. The molecule has 69 heavy (non-hydrogen) atoms. The van der Waals surface area contributed by atoms with Crippen molar-refractivity contribution in [3.05, 3.63) is 268 Å². The van der Waals surface area contributed by atoms with Gasteiger partial charge in [-0.25, -0.2) is 0 Å². The van der Waals surface area contributed by atoms with Crippen molar-refractivity contribution in [3.63, 3.8) is 0 Å². The highest BCUT2D eigenvalue weighted by Gasteiger charge is 2.51. The maximum absolute atomic E-state index is 6.15. The first kappa shape index (κ1) is 41.8. The van der Waals surface area contributed by atoms with E-state index in [1.807, 2.05) is 12.1 Å². The van der Waals surface area contributed by atoms with E-state index >= 15 is 0 Å². The van der Waals surface area contributed by atoms with Crippen LogP contribution in [0.25, 0.3) is 69.5 Å². The third-order valence-electron chi connectivity index (χ3n) is 13.8. The predicted molar refractivity (Wildman–Crippen MR) is 286 cm³/mol. The van der Waals surface area contributed by atoms with Gasteiger partial charge in [-0.3, -0.25) is 0 Å². The van der Waals surface area contributed by atoms with E-state index in [0.29, 0.717) is 11.8 Å². The molecule has 2 aliphatic rings. The summed E-state index contributed by atoms with van der Waals surface area (Å²) in [4.78, 5) is 2.29. The summed E-state index contributed by atoms with van der Waals surface area (Å²) in [6, 6.07) is 78.6. The van der Waals surface area contributed by atoms with E-state index in [1.165, 1.54) is 50.1 Å². The number of hydrogen-bond acceptors (Lipinski definition) is 4. The monoisotopic (exact) mass is 887 g/mol. The standard InChI is InChI=1S/C65H49N3O/c1-64(2,3)50-36-34-49(35-37-50)63-67-66-62(69-63)48-32-26-44(27-33-48)22-24-46-30-40-56-57-41-31-47(43-61(57)65(60(56)42-46)58-20-12-10-18-54(58)55-19-11-13-21-59(55)65)25-23-45-28-38-53(39-29-45)68(51-14-6-4-7-15-51)52-16-8-5-9-17-52/h4-43H,1-3H3/b24-22+,25-23+. The van der Waals surface area contributed by atoms with E-state index in [9.17, 15) is 0 Å². The number of anilines is 3. The van der Waals surface area contributed by atoms with E-state index < -0.39 is 5.41 Å². The average molecular weight is 888 g/mol. The Balaban J connectivity index is 0.853. The van der Waals surface area contributed by atoms with E-state index in [-0.39, 0.29) is 5.41 Å². The summed E-state index contributed by atoms with van der Waals surface area (Å²) >= 11 is 0. The molecule has 10 aromatic rings. The molecule has 330 valence electrons. The zero-order valence-electron chi connectivity index (χ0n) is 38.8. The maximum atomic E-state index is 6.15. The average Bonchev–Trinajstić information content (AvgIpc) is 4.09. The van der Waals surface area contributed by atoms with E-state index in [0.717, 1.165) is 50.4 Å². The molecule has 1 spiro atoms. The smallest absolute Gasteiger partial charge is 0.248 e. The minimum absolute atomic E-state index is 0.0770. The molecule has 0 saturated heterocycles. The van der Waals surface area contributed by atoms with Gasteiger partial charge in [0.2, 0.25) is 11.8 Å². The fourth-order valence-corrected chi connectivity index (χ4v) is 10.4. The van der Waals surface area contributed by atoms with Crippen LogP contribution in [0.15, 0.2) is 223 Å². The number of nitrogens with zero attached hydrogens (tertiary/aromatic N) is 3. The Morgan fingerprint density at radius 1 is 0.377 bits per heavy atom. The number of aromatic nitrogens is 2. The number of benzene rings is 9. The Kier molecular flexibility index (Phi) is 10.3. The molecule has 0 fully saturated rings. The first-order valence-electron chi connectivity index (χ1n) is 23.7. The van der Waals surface area contributed by atoms with Crippen LogP contribution in [0.1, 0.15) is 70.8 Å². The van der Waals surface area contributed by atoms with Crippen molar-refractivity contribution in [3.8, 4) is 45.2 Å². The molecule has 1 aromatic heterocycles. The number of rotatable bonds is 9. The lowest BCUT2D eigenvalue weighted by Crippen LogP contribution is -2.26. The predicted octanol–water partition coefficient (Wildman–Crippen LogP) is 16.9. The molecule has 4 heteroatoms. The van der Waals surface area contributed by atoms with Gasteiger partial charge in [0.05, 0.1) is 5.41 Å². The second-order valence-corrected chi connectivity index (χ2v) is 19.1. The minimum atomic E-state index is -0.468. The molecular weight excluding hydrogens is 839 g/mol. The number of para-hydroxylation sites is 2. The molecule has 0 aliphatic heterocycles. The van der Waals surface area contributed by atoms with Crippen LogP contribution in [0.3, 0.4) is 0 Å². The highest BCUT2D eigenvalue weighted by molar-refractivity contribution is 5.96. The quantitative estimate of drug-likeness (QED) is 0.135. The van der Waals surface area contributed by atoms with Crippen LogP contribution in [-0.4, -0.2) is 10.2 Å². The van der Waals surface area contributed by atoms with Gasteiger partial charge in [0, 0.05) is 28.2 Å². The molecule has 0 bridgehead atoms. The van der Waals surface area contributed by atoms with Crippen LogP contribution in [-0.2, 0) is 10.8 Å². The second-order valence-electron chi connectivity index (χ2n) is 19.1. The summed E-state index contributed by atoms with van der Waals surface area (Å²) in [6.45, 7) is 6.63. The Labute approximate surface area is 404 Å². The molecule has 4 nitrogen and oxygen atoms in total. The number of hydrogen-bond donors (Lipinski definition) is 0. The summed E-state index contributed by atoms with van der Waals surface area (Å²) < 4.78 is 6.15. The lowest BCUT2D eigenvalue weighted by molar-refractivity contribution is 0.582. The van der Waals surface area contributed by atoms with Gasteiger partial charge in [-0.2, -0.15) is 0 Å². The van der Waals surface area contributed by atoms with Gasteiger partial charge in [-0.1, -0.05) is 191 Å². The van der Waals surface area contributed by atoms with Gasteiger partial charge < -0.3 is 9.32 Å². The van der Waals surface area contributed by atoms with Crippen LogP contribution >= 0.6 is 0 Å². The maximum Gasteiger partial charge on any atom is 0.248 e. The zero-order chi connectivity index (χ0) is 46.5. The van der Waals surface area contributed by atoms with Crippen LogP contribution in [0, 0.1) is 0 Å². The van der Waals surface area contributed by atoms with Crippen molar-refractivity contribution < 1.29 is 4.42 Å². The molecule has 0 atom stereocenters. The van der Waals surface area contributed by atoms with Gasteiger partial charge in [-0.05, 0) is 151 Å². The van der Waals surface area contributed by atoms with Crippen molar-refractivity contribution in [2.24, 2.45) is 0 Å². The zero-order valence-corrected chi connectivity index (χ0v) is 38.8. The number of fused-ring (bicyclic) bond motifs is 10. The third kappa shape index (κ3) is 7.42. The summed E-state index contributed by atoms with van der Waals surface area (Å²) in [5.41, 5.74) is 21.0. The van der Waals surface area contributed by atoms with Gasteiger partial charge in [-0.15, -0.1) is 10.2 Å². The summed E-state index contributed by atoms with van der Waals surface area (Å²) in [6.07, 6.45) is 8.90. The minimum Gasteiger partial charge on any atom is -0.416 e. The van der Waals surface area contributed by atoms with Gasteiger partial charge in [0.25, 0.3) is 0 Å². The van der Waals surface area contributed by atoms with Crippen molar-refractivity contribution >= 4 is 41.4 Å². The lowest BCUT2D eigenvalue weighted by atomic mass is 9.70. The largest absolute Gasteiger partial charge is 0.416 e. The first-order chi connectivity index (χ1) is 33.8. The topological polar surface area (TPSA) is 42.2 Å².